The summed E-state index contributed by atoms with van der Waals surface area (Å²) in [4.78, 5) is 27.6. The van der Waals surface area contributed by atoms with Gasteiger partial charge < -0.3 is 10.1 Å². The summed E-state index contributed by atoms with van der Waals surface area (Å²) in [6.45, 7) is 0.0118. The molecule has 8 heteroatoms. The van der Waals surface area contributed by atoms with Gasteiger partial charge in [0.1, 0.15) is 23.6 Å². The van der Waals surface area contributed by atoms with Crippen LogP contribution in [0.5, 0.6) is 5.75 Å². The molecular formula is C19H16BrN3O4. The van der Waals surface area contributed by atoms with Crippen LogP contribution in [-0.2, 0) is 11.4 Å². The van der Waals surface area contributed by atoms with Crippen LogP contribution in [0.25, 0.3) is 10.9 Å². The molecule has 0 fully saturated rings. The van der Waals surface area contributed by atoms with E-state index in [1.807, 2.05) is 36.4 Å². The molecule has 2 amide bonds. The molecule has 0 aliphatic carbocycles. The summed E-state index contributed by atoms with van der Waals surface area (Å²) in [6.07, 6.45) is 0. The quantitative estimate of drug-likeness (QED) is 0.413. The molecule has 7 nitrogen and oxygen atoms in total. The number of fused-ring (bicyclic) bond motifs is 1. The maximum Gasteiger partial charge on any atom is 0.270 e. The molecule has 3 aromatic rings. The van der Waals surface area contributed by atoms with Crippen LogP contribution in [0.4, 0.5) is 0 Å². The number of carbonyl (C=O) groups is 2. The van der Waals surface area contributed by atoms with E-state index in [1.54, 1.807) is 18.2 Å². The van der Waals surface area contributed by atoms with E-state index in [1.165, 1.54) is 5.48 Å². The summed E-state index contributed by atoms with van der Waals surface area (Å²) in [7, 11) is 0. The van der Waals surface area contributed by atoms with E-state index < -0.39 is 11.8 Å². The first-order valence-corrected chi connectivity index (χ1v) is 8.84. The Morgan fingerprint density at radius 3 is 2.59 bits per heavy atom. The van der Waals surface area contributed by atoms with Crippen LogP contribution in [0.1, 0.15) is 16.1 Å². The number of hydrogen-bond acceptors (Lipinski definition) is 5. The van der Waals surface area contributed by atoms with Crippen molar-refractivity contribution in [1.29, 1.82) is 0 Å². The van der Waals surface area contributed by atoms with Gasteiger partial charge in [0.15, 0.2) is 0 Å². The maximum atomic E-state index is 12.2. The van der Waals surface area contributed by atoms with Crippen molar-refractivity contribution in [3.63, 3.8) is 0 Å². The third kappa shape index (κ3) is 4.81. The van der Waals surface area contributed by atoms with E-state index in [9.17, 15) is 9.59 Å². The number of ether oxygens (including phenoxy) is 1. The number of hydrogen-bond donors (Lipinski definition) is 3. The summed E-state index contributed by atoms with van der Waals surface area (Å²) in [6, 6.07) is 16.6. The summed E-state index contributed by atoms with van der Waals surface area (Å²) >= 11 is 3.39. The van der Waals surface area contributed by atoms with Crippen molar-refractivity contribution in [3.05, 3.63) is 70.3 Å². The summed E-state index contributed by atoms with van der Waals surface area (Å²) in [5, 5.41) is 11.7. The fourth-order valence-electron chi connectivity index (χ4n) is 2.40. The van der Waals surface area contributed by atoms with Crippen molar-refractivity contribution < 1.29 is 19.5 Å². The third-order valence-electron chi connectivity index (χ3n) is 3.76. The van der Waals surface area contributed by atoms with Crippen LogP contribution < -0.4 is 15.5 Å². The maximum absolute atomic E-state index is 12.2. The minimum atomic E-state index is -0.720. The molecule has 1 heterocycles. The number of rotatable bonds is 6. The van der Waals surface area contributed by atoms with Gasteiger partial charge in [-0.05, 0) is 29.8 Å². The molecule has 138 valence electrons. The predicted octanol–water partition coefficient (Wildman–Crippen LogP) is 2.81. The van der Waals surface area contributed by atoms with Crippen LogP contribution in [0.3, 0.4) is 0 Å². The lowest BCUT2D eigenvalue weighted by atomic mass is 10.2. The monoisotopic (exact) mass is 429 g/mol. The van der Waals surface area contributed by atoms with Crippen molar-refractivity contribution in [2.24, 2.45) is 0 Å². The second kappa shape index (κ2) is 8.61. The zero-order valence-corrected chi connectivity index (χ0v) is 15.7. The van der Waals surface area contributed by atoms with E-state index >= 15 is 0 Å². The molecule has 0 aliphatic heterocycles. The number of carbonyl (C=O) groups excluding carboxylic acids is 2. The second-order valence-corrected chi connectivity index (χ2v) is 6.57. The lowest BCUT2D eigenvalue weighted by molar-refractivity contribution is -0.128. The first-order chi connectivity index (χ1) is 13.1. The Morgan fingerprint density at radius 1 is 1.07 bits per heavy atom. The van der Waals surface area contributed by atoms with Gasteiger partial charge >= 0.3 is 0 Å². The van der Waals surface area contributed by atoms with Gasteiger partial charge in [-0.3, -0.25) is 14.8 Å². The number of nitrogens with one attached hydrogen (secondary N) is 2. The zero-order valence-electron chi connectivity index (χ0n) is 14.1. The fourth-order valence-corrected chi connectivity index (χ4v) is 2.66. The van der Waals surface area contributed by atoms with Gasteiger partial charge in [0, 0.05) is 9.86 Å². The highest BCUT2D eigenvalue weighted by Crippen LogP contribution is 2.25. The van der Waals surface area contributed by atoms with Gasteiger partial charge in [0.05, 0.1) is 6.54 Å². The average molecular weight is 430 g/mol. The fraction of sp³-hybridized carbons (Fsp3) is 0.105. The lowest BCUT2D eigenvalue weighted by Gasteiger charge is -2.10. The van der Waals surface area contributed by atoms with E-state index in [0.717, 1.165) is 15.4 Å². The van der Waals surface area contributed by atoms with Crippen LogP contribution in [0, 0.1) is 0 Å². The topological polar surface area (TPSA) is 101 Å². The first kappa shape index (κ1) is 18.8. The number of halogens is 1. The number of aromatic nitrogens is 1. The van der Waals surface area contributed by atoms with Crippen LogP contribution in [0.15, 0.2) is 59.1 Å². The second-order valence-electron chi connectivity index (χ2n) is 5.66. The molecule has 0 saturated carbocycles. The molecule has 3 rings (SSSR count). The molecule has 0 atom stereocenters. The number of hydroxylamine groups is 1. The minimum Gasteiger partial charge on any atom is -0.487 e. The molecule has 2 aromatic carbocycles. The van der Waals surface area contributed by atoms with E-state index in [-0.39, 0.29) is 12.2 Å². The Balaban J connectivity index is 1.80. The number of pyridine rings is 1. The number of para-hydroxylation sites is 1. The Labute approximate surface area is 163 Å². The normalized spacial score (nSPS) is 10.4. The highest BCUT2D eigenvalue weighted by Gasteiger charge is 2.12. The summed E-state index contributed by atoms with van der Waals surface area (Å²) in [5.74, 6) is -0.691. The van der Waals surface area contributed by atoms with Crippen LogP contribution in [-0.4, -0.2) is 28.6 Å². The molecule has 27 heavy (non-hydrogen) atoms. The van der Waals surface area contributed by atoms with Gasteiger partial charge in [-0.1, -0.05) is 46.3 Å². The highest BCUT2D eigenvalue weighted by molar-refractivity contribution is 9.10. The Kier molecular flexibility index (Phi) is 6.00. The smallest absolute Gasteiger partial charge is 0.270 e. The van der Waals surface area contributed by atoms with Crippen molar-refractivity contribution in [3.8, 4) is 5.75 Å². The van der Waals surface area contributed by atoms with E-state index in [4.69, 9.17) is 9.94 Å². The van der Waals surface area contributed by atoms with Gasteiger partial charge in [-0.2, -0.15) is 0 Å². The lowest BCUT2D eigenvalue weighted by Crippen LogP contribution is -2.35. The van der Waals surface area contributed by atoms with Crippen molar-refractivity contribution in [1.82, 2.24) is 15.8 Å². The van der Waals surface area contributed by atoms with E-state index in [2.05, 4.69) is 26.2 Å². The minimum absolute atomic E-state index is 0.146. The standard InChI is InChI=1S/C19H16BrN3O4/c20-14-7-4-12(5-8-14)11-27-16-3-1-2-13-6-9-15(22-18(13)16)19(25)21-10-17(24)23-26/h1-9,26H,10-11H2,(H,21,25)(H,23,24). The van der Waals surface area contributed by atoms with Gasteiger partial charge in [0.2, 0.25) is 0 Å². The Hall–Kier alpha value is -2.97. The molecule has 0 spiro atoms. The Morgan fingerprint density at radius 2 is 1.85 bits per heavy atom. The van der Waals surface area contributed by atoms with Crippen molar-refractivity contribution >= 4 is 38.6 Å². The van der Waals surface area contributed by atoms with Crippen molar-refractivity contribution in [2.75, 3.05) is 6.54 Å². The largest absolute Gasteiger partial charge is 0.487 e. The molecule has 0 radical (unpaired) electrons. The van der Waals surface area contributed by atoms with E-state index in [0.29, 0.717) is 17.9 Å². The molecule has 1 aromatic heterocycles. The third-order valence-corrected chi connectivity index (χ3v) is 4.29. The van der Waals surface area contributed by atoms with Crippen LogP contribution in [0.2, 0.25) is 0 Å². The summed E-state index contributed by atoms with van der Waals surface area (Å²) in [5.41, 5.74) is 3.14. The average Bonchev–Trinajstić information content (AvgIpc) is 2.70. The molecule has 0 unspecified atom stereocenters. The zero-order chi connectivity index (χ0) is 19.2. The molecule has 0 saturated heterocycles. The van der Waals surface area contributed by atoms with Crippen molar-refractivity contribution in [2.45, 2.75) is 6.61 Å². The molecular weight excluding hydrogens is 414 g/mol. The predicted molar refractivity (Wildman–Crippen MR) is 102 cm³/mol. The molecule has 0 bridgehead atoms. The Bertz CT molecular complexity index is 976. The van der Waals surface area contributed by atoms with Crippen LogP contribution >= 0.6 is 15.9 Å². The SMILES string of the molecule is O=C(CNC(=O)c1ccc2cccc(OCc3ccc(Br)cc3)c2n1)NO. The summed E-state index contributed by atoms with van der Waals surface area (Å²) < 4.78 is 6.88. The first-order valence-electron chi connectivity index (χ1n) is 8.05. The van der Waals surface area contributed by atoms with Gasteiger partial charge in [-0.25, -0.2) is 10.5 Å². The van der Waals surface area contributed by atoms with Gasteiger partial charge in [-0.15, -0.1) is 0 Å². The number of benzene rings is 2. The van der Waals surface area contributed by atoms with Gasteiger partial charge in [0.25, 0.3) is 11.8 Å². The highest BCUT2D eigenvalue weighted by atomic mass is 79.9. The number of nitrogens with zero attached hydrogens (tertiary/aromatic N) is 1. The molecule has 0 aliphatic rings. The number of amides is 2. The molecule has 3 N–H and O–H groups in total.